The Morgan fingerprint density at radius 3 is 2.57 bits per heavy atom. The first-order valence-electron chi connectivity index (χ1n) is 11.0. The van der Waals surface area contributed by atoms with Crippen LogP contribution in [0.5, 0.6) is 0 Å². The molecule has 0 aromatic carbocycles. The third kappa shape index (κ3) is 4.38. The fourth-order valence-electron chi connectivity index (χ4n) is 4.64. The van der Waals surface area contributed by atoms with E-state index < -0.39 is 5.60 Å². The summed E-state index contributed by atoms with van der Waals surface area (Å²) in [4.78, 5) is 26.0. The summed E-state index contributed by atoms with van der Waals surface area (Å²) in [6, 6.07) is 0.687. The number of hydrogen-bond donors (Lipinski definition) is 0. The molecule has 0 unspecified atom stereocenters. The Hall–Kier alpha value is -1.58. The molecule has 1 aliphatic carbocycles. The Labute approximate surface area is 192 Å². The summed E-state index contributed by atoms with van der Waals surface area (Å²) in [5.41, 5.74) is 0.562. The number of carbonyl (C=O) groups is 1. The van der Waals surface area contributed by atoms with Crippen LogP contribution in [0.4, 0.5) is 10.6 Å². The van der Waals surface area contributed by atoms with E-state index in [0.29, 0.717) is 19.1 Å². The van der Waals surface area contributed by atoms with Gasteiger partial charge in [0.25, 0.3) is 0 Å². The van der Waals surface area contributed by atoms with Crippen molar-refractivity contribution in [2.45, 2.75) is 77.5 Å². The van der Waals surface area contributed by atoms with Gasteiger partial charge in [0.2, 0.25) is 0 Å². The smallest absolute Gasteiger partial charge is 0.410 e. The minimum Gasteiger partial charge on any atom is -0.444 e. The minimum atomic E-state index is -0.478. The van der Waals surface area contributed by atoms with Crippen molar-refractivity contribution in [1.82, 2.24) is 19.4 Å². The van der Waals surface area contributed by atoms with E-state index in [9.17, 15) is 4.79 Å². The van der Waals surface area contributed by atoms with E-state index in [4.69, 9.17) is 9.72 Å². The van der Waals surface area contributed by atoms with Gasteiger partial charge in [-0.3, -0.25) is 0 Å². The topological polar surface area (TPSA) is 63.5 Å². The highest BCUT2D eigenvalue weighted by molar-refractivity contribution is 14.1. The van der Waals surface area contributed by atoms with Gasteiger partial charge in [0, 0.05) is 41.5 Å². The lowest BCUT2D eigenvalue weighted by Gasteiger charge is -2.41. The first-order valence-corrected chi connectivity index (χ1v) is 12.1. The van der Waals surface area contributed by atoms with E-state index in [1.54, 1.807) is 6.33 Å². The maximum Gasteiger partial charge on any atom is 0.410 e. The van der Waals surface area contributed by atoms with Crippen LogP contribution in [0.3, 0.4) is 0 Å². The molecular formula is C22H32IN5O2. The first-order chi connectivity index (χ1) is 14.2. The van der Waals surface area contributed by atoms with Crippen molar-refractivity contribution in [3.8, 4) is 0 Å². The average Bonchev–Trinajstić information content (AvgIpc) is 3.04. The number of hydrogen-bond acceptors (Lipinski definition) is 5. The number of halogens is 1. The zero-order valence-corrected chi connectivity index (χ0v) is 20.6. The fourth-order valence-corrected chi connectivity index (χ4v) is 5.43. The van der Waals surface area contributed by atoms with Crippen molar-refractivity contribution >= 4 is 45.5 Å². The molecule has 2 aromatic rings. The van der Waals surface area contributed by atoms with E-state index >= 15 is 0 Å². The Morgan fingerprint density at radius 2 is 1.90 bits per heavy atom. The van der Waals surface area contributed by atoms with E-state index in [2.05, 4.69) is 50.2 Å². The first kappa shape index (κ1) is 21.6. The second-order valence-corrected chi connectivity index (χ2v) is 10.7. The number of anilines is 1. The van der Waals surface area contributed by atoms with Crippen molar-refractivity contribution < 1.29 is 9.53 Å². The molecule has 2 fully saturated rings. The summed E-state index contributed by atoms with van der Waals surface area (Å²) in [6.07, 6.45) is 10.1. The highest BCUT2D eigenvalue weighted by atomic mass is 127. The van der Waals surface area contributed by atoms with Gasteiger partial charge < -0.3 is 19.1 Å². The quantitative estimate of drug-likeness (QED) is 0.518. The highest BCUT2D eigenvalue weighted by Gasteiger charge is 2.32. The lowest BCUT2D eigenvalue weighted by Crippen LogP contribution is -2.54. The standard InChI is InChI=1S/C22H32IN5O2/c1-15-12-26(21(29)30-22(2,3)4)10-11-27(15)19-18-17(23)13-28(20(18)25-14-24-19)16-8-6-5-7-9-16/h13-16H,5-12H2,1-4H3/t15-/m0/s1. The van der Waals surface area contributed by atoms with Crippen molar-refractivity contribution in [2.75, 3.05) is 24.5 Å². The number of amides is 1. The zero-order chi connectivity index (χ0) is 21.5. The Bertz CT molecular complexity index is 916. The molecule has 0 N–H and O–H groups in total. The van der Waals surface area contributed by atoms with Crippen LogP contribution in [0, 0.1) is 3.57 Å². The molecule has 4 rings (SSSR count). The molecule has 3 heterocycles. The Morgan fingerprint density at radius 1 is 1.17 bits per heavy atom. The average molecular weight is 525 g/mol. The number of aromatic nitrogens is 3. The van der Waals surface area contributed by atoms with Gasteiger partial charge in [-0.1, -0.05) is 19.3 Å². The zero-order valence-electron chi connectivity index (χ0n) is 18.4. The molecule has 0 radical (unpaired) electrons. The van der Waals surface area contributed by atoms with Crippen LogP contribution in [0.1, 0.15) is 65.8 Å². The molecule has 1 amide bonds. The van der Waals surface area contributed by atoms with E-state index in [1.807, 2.05) is 25.7 Å². The second-order valence-electron chi connectivity index (χ2n) is 9.54. The van der Waals surface area contributed by atoms with E-state index in [1.165, 1.54) is 35.7 Å². The van der Waals surface area contributed by atoms with Crippen LogP contribution in [0.25, 0.3) is 11.0 Å². The van der Waals surface area contributed by atoms with Crippen molar-refractivity contribution in [3.63, 3.8) is 0 Å². The number of ether oxygens (including phenoxy) is 1. The molecule has 1 atom stereocenters. The van der Waals surface area contributed by atoms with Gasteiger partial charge >= 0.3 is 6.09 Å². The molecule has 2 aliphatic rings. The van der Waals surface area contributed by atoms with Gasteiger partial charge in [0.15, 0.2) is 0 Å². The molecular weight excluding hydrogens is 493 g/mol. The van der Waals surface area contributed by atoms with Crippen molar-refractivity contribution in [1.29, 1.82) is 0 Å². The highest BCUT2D eigenvalue weighted by Crippen LogP contribution is 2.36. The lowest BCUT2D eigenvalue weighted by atomic mass is 9.95. The van der Waals surface area contributed by atoms with Crippen molar-refractivity contribution in [2.24, 2.45) is 0 Å². The van der Waals surface area contributed by atoms with Gasteiger partial charge in [-0.2, -0.15) is 0 Å². The van der Waals surface area contributed by atoms with Gasteiger partial charge in [-0.25, -0.2) is 14.8 Å². The monoisotopic (exact) mass is 525 g/mol. The number of rotatable bonds is 2. The summed E-state index contributed by atoms with van der Waals surface area (Å²) in [6.45, 7) is 9.85. The number of fused-ring (bicyclic) bond motifs is 1. The molecule has 30 heavy (non-hydrogen) atoms. The number of piperazine rings is 1. The Kier molecular flexibility index (Phi) is 6.14. The molecule has 1 saturated heterocycles. The second kappa shape index (κ2) is 8.51. The third-order valence-electron chi connectivity index (χ3n) is 6.06. The van der Waals surface area contributed by atoms with Gasteiger partial charge in [-0.05, 0) is 63.1 Å². The van der Waals surface area contributed by atoms with E-state index in [0.717, 1.165) is 23.4 Å². The lowest BCUT2D eigenvalue weighted by molar-refractivity contribution is 0.0218. The summed E-state index contributed by atoms with van der Waals surface area (Å²) in [5, 5.41) is 1.14. The molecule has 1 aliphatic heterocycles. The van der Waals surface area contributed by atoms with Crippen LogP contribution in [0.2, 0.25) is 0 Å². The minimum absolute atomic E-state index is 0.151. The normalized spacial score (nSPS) is 21.3. The third-order valence-corrected chi connectivity index (χ3v) is 6.88. The van der Waals surface area contributed by atoms with Crippen molar-refractivity contribution in [3.05, 3.63) is 16.1 Å². The molecule has 0 bridgehead atoms. The van der Waals surface area contributed by atoms with E-state index in [-0.39, 0.29) is 12.1 Å². The Balaban J connectivity index is 1.58. The molecule has 7 nitrogen and oxygen atoms in total. The van der Waals surface area contributed by atoms with Crippen LogP contribution in [-0.4, -0.2) is 56.8 Å². The number of carbonyl (C=O) groups excluding carboxylic acids is 1. The van der Waals surface area contributed by atoms with Gasteiger partial charge in [0.05, 0.1) is 5.39 Å². The summed E-state index contributed by atoms with van der Waals surface area (Å²) in [5.74, 6) is 0.982. The van der Waals surface area contributed by atoms with Crippen LogP contribution >= 0.6 is 22.6 Å². The van der Waals surface area contributed by atoms with Crippen LogP contribution < -0.4 is 4.90 Å². The molecule has 0 spiro atoms. The van der Waals surface area contributed by atoms with Crippen LogP contribution in [0.15, 0.2) is 12.5 Å². The molecule has 1 saturated carbocycles. The van der Waals surface area contributed by atoms with Crippen LogP contribution in [-0.2, 0) is 4.74 Å². The fraction of sp³-hybridized carbons (Fsp3) is 0.682. The maximum absolute atomic E-state index is 12.5. The predicted octanol–water partition coefficient (Wildman–Crippen LogP) is 4.99. The largest absolute Gasteiger partial charge is 0.444 e. The molecule has 164 valence electrons. The summed E-state index contributed by atoms with van der Waals surface area (Å²) >= 11 is 2.42. The van der Waals surface area contributed by atoms with Gasteiger partial charge in [-0.15, -0.1) is 0 Å². The summed E-state index contributed by atoms with van der Waals surface area (Å²) in [7, 11) is 0. The maximum atomic E-state index is 12.5. The predicted molar refractivity (Wildman–Crippen MR) is 127 cm³/mol. The molecule has 8 heteroatoms. The molecule has 2 aromatic heterocycles. The van der Waals surface area contributed by atoms with Gasteiger partial charge in [0.1, 0.15) is 23.4 Å². The number of nitrogens with zero attached hydrogens (tertiary/aromatic N) is 5. The summed E-state index contributed by atoms with van der Waals surface area (Å²) < 4.78 is 9.14. The SMILES string of the molecule is C[C@H]1CN(C(=O)OC(C)(C)C)CCN1c1ncnc2c1c(I)cn2C1CCCCC1.